The van der Waals surface area contributed by atoms with Crippen LogP contribution in [0.4, 0.5) is 5.82 Å². The quantitative estimate of drug-likeness (QED) is 0.856. The average molecular weight is 317 g/mol. The number of ether oxygens (including phenoxy) is 1. The third kappa shape index (κ3) is 2.80. The van der Waals surface area contributed by atoms with Crippen molar-refractivity contribution in [2.75, 3.05) is 31.2 Å². The Hall–Kier alpha value is -1.18. The van der Waals surface area contributed by atoms with Crippen LogP contribution in [-0.4, -0.2) is 53.6 Å². The Kier molecular flexibility index (Phi) is 4.15. The molecule has 18 heavy (non-hydrogen) atoms. The molecule has 1 aliphatic heterocycles. The third-order valence-electron chi connectivity index (χ3n) is 2.71. The van der Waals surface area contributed by atoms with Crippen molar-refractivity contribution >= 4 is 27.7 Å². The third-order valence-corrected chi connectivity index (χ3v) is 3.14. The lowest BCUT2D eigenvalue weighted by Gasteiger charge is -2.33. The number of nitrogens with zero attached hydrogens (tertiary/aromatic N) is 2. The standard InChI is InChI=1S/C11H13BrN2O4/c12-7-3-9(11(16)17)10(13-4-7)14-1-2-18-8(5-14)6-15/h3-4,8,15H,1-2,5-6H2,(H,16,17). The van der Waals surface area contributed by atoms with Crippen molar-refractivity contribution in [2.45, 2.75) is 6.10 Å². The highest BCUT2D eigenvalue weighted by molar-refractivity contribution is 9.10. The molecular weight excluding hydrogens is 304 g/mol. The number of rotatable bonds is 3. The minimum absolute atomic E-state index is 0.0879. The zero-order valence-corrected chi connectivity index (χ0v) is 11.1. The second kappa shape index (κ2) is 5.64. The Morgan fingerprint density at radius 2 is 2.44 bits per heavy atom. The summed E-state index contributed by atoms with van der Waals surface area (Å²) in [7, 11) is 0. The number of carboxylic acid groups (broad SMARTS) is 1. The number of halogens is 1. The highest BCUT2D eigenvalue weighted by Crippen LogP contribution is 2.23. The van der Waals surface area contributed by atoms with Crippen molar-refractivity contribution < 1.29 is 19.7 Å². The Labute approximate surface area is 112 Å². The summed E-state index contributed by atoms with van der Waals surface area (Å²) in [4.78, 5) is 17.2. The van der Waals surface area contributed by atoms with Gasteiger partial charge in [-0.15, -0.1) is 0 Å². The topological polar surface area (TPSA) is 82.9 Å². The van der Waals surface area contributed by atoms with Crippen molar-refractivity contribution in [1.29, 1.82) is 0 Å². The van der Waals surface area contributed by atoms with Crippen molar-refractivity contribution in [3.63, 3.8) is 0 Å². The summed E-state index contributed by atoms with van der Waals surface area (Å²) in [5.74, 6) is -0.613. The zero-order chi connectivity index (χ0) is 13.1. The van der Waals surface area contributed by atoms with Gasteiger partial charge in [0.25, 0.3) is 0 Å². The van der Waals surface area contributed by atoms with Crippen molar-refractivity contribution in [2.24, 2.45) is 0 Å². The molecule has 1 atom stereocenters. The largest absolute Gasteiger partial charge is 0.478 e. The number of carbonyl (C=O) groups is 1. The predicted molar refractivity (Wildman–Crippen MR) is 67.9 cm³/mol. The molecule has 2 heterocycles. The summed E-state index contributed by atoms with van der Waals surface area (Å²) in [6.07, 6.45) is 1.26. The first-order valence-corrected chi connectivity index (χ1v) is 6.27. The molecule has 0 aromatic carbocycles. The molecule has 1 aromatic rings. The van der Waals surface area contributed by atoms with E-state index in [-0.39, 0.29) is 18.3 Å². The highest BCUT2D eigenvalue weighted by Gasteiger charge is 2.24. The molecule has 0 spiro atoms. The van der Waals surface area contributed by atoms with E-state index in [1.54, 1.807) is 6.20 Å². The Morgan fingerprint density at radius 3 is 3.11 bits per heavy atom. The fraction of sp³-hybridized carbons (Fsp3) is 0.455. The molecule has 6 nitrogen and oxygen atoms in total. The maximum Gasteiger partial charge on any atom is 0.339 e. The number of aliphatic hydroxyl groups excluding tert-OH is 1. The number of aromatic nitrogens is 1. The molecule has 0 radical (unpaired) electrons. The number of anilines is 1. The van der Waals surface area contributed by atoms with E-state index >= 15 is 0 Å². The zero-order valence-electron chi connectivity index (χ0n) is 9.54. The minimum atomic E-state index is -1.02. The van der Waals surface area contributed by atoms with E-state index in [0.717, 1.165) is 0 Å². The van der Waals surface area contributed by atoms with E-state index in [1.807, 2.05) is 4.90 Å². The first-order chi connectivity index (χ1) is 8.61. The Balaban J connectivity index is 2.29. The van der Waals surface area contributed by atoms with Crippen molar-refractivity contribution in [3.05, 3.63) is 22.3 Å². The van der Waals surface area contributed by atoms with E-state index in [0.29, 0.717) is 30.0 Å². The summed E-state index contributed by atoms with van der Waals surface area (Å²) >= 11 is 3.21. The summed E-state index contributed by atoms with van der Waals surface area (Å²) in [5.41, 5.74) is 0.142. The second-order valence-corrected chi connectivity index (χ2v) is 4.87. The van der Waals surface area contributed by atoms with Crippen LogP contribution in [0, 0.1) is 0 Å². The summed E-state index contributed by atoms with van der Waals surface area (Å²) in [6, 6.07) is 1.52. The second-order valence-electron chi connectivity index (χ2n) is 3.95. The molecule has 7 heteroatoms. The molecule has 2 rings (SSSR count). The molecule has 1 unspecified atom stereocenters. The maximum absolute atomic E-state index is 11.2. The van der Waals surface area contributed by atoms with Gasteiger partial charge in [0.2, 0.25) is 0 Å². The van der Waals surface area contributed by atoms with Gasteiger partial charge < -0.3 is 19.8 Å². The molecule has 1 saturated heterocycles. The van der Waals surface area contributed by atoms with Crippen LogP contribution in [0.3, 0.4) is 0 Å². The number of aromatic carboxylic acids is 1. The van der Waals surface area contributed by atoms with Crippen LogP contribution in [0.15, 0.2) is 16.7 Å². The first-order valence-electron chi connectivity index (χ1n) is 5.48. The number of aliphatic hydroxyl groups is 1. The fourth-order valence-electron chi connectivity index (χ4n) is 1.86. The molecular formula is C11H13BrN2O4. The van der Waals surface area contributed by atoms with Gasteiger partial charge in [-0.2, -0.15) is 0 Å². The number of morpholine rings is 1. The molecule has 0 amide bonds. The van der Waals surface area contributed by atoms with Crippen LogP contribution in [0.1, 0.15) is 10.4 Å². The summed E-state index contributed by atoms with van der Waals surface area (Å²) in [6.45, 7) is 1.36. The maximum atomic E-state index is 11.2. The first kappa shape index (κ1) is 13.3. The highest BCUT2D eigenvalue weighted by atomic mass is 79.9. The van der Waals surface area contributed by atoms with Crippen LogP contribution in [0.5, 0.6) is 0 Å². The van der Waals surface area contributed by atoms with Gasteiger partial charge in [-0.1, -0.05) is 0 Å². The molecule has 1 fully saturated rings. The lowest BCUT2D eigenvalue weighted by Crippen LogP contribution is -2.45. The monoisotopic (exact) mass is 316 g/mol. The molecule has 0 saturated carbocycles. The minimum Gasteiger partial charge on any atom is -0.478 e. The number of hydrogen-bond donors (Lipinski definition) is 2. The fourth-order valence-corrected chi connectivity index (χ4v) is 2.19. The van der Waals surface area contributed by atoms with Crippen LogP contribution in [-0.2, 0) is 4.74 Å². The summed E-state index contributed by atoms with van der Waals surface area (Å²) < 4.78 is 5.95. The average Bonchev–Trinajstić information content (AvgIpc) is 2.38. The van der Waals surface area contributed by atoms with E-state index in [1.165, 1.54) is 6.07 Å². The van der Waals surface area contributed by atoms with Gasteiger partial charge in [0.1, 0.15) is 11.4 Å². The normalized spacial score (nSPS) is 19.9. The van der Waals surface area contributed by atoms with Gasteiger partial charge in [-0.25, -0.2) is 9.78 Å². The smallest absolute Gasteiger partial charge is 0.339 e. The molecule has 98 valence electrons. The SMILES string of the molecule is O=C(O)c1cc(Br)cnc1N1CCOC(CO)C1. The van der Waals surface area contributed by atoms with Crippen LogP contribution < -0.4 is 4.90 Å². The van der Waals surface area contributed by atoms with E-state index in [4.69, 9.17) is 9.84 Å². The Bertz CT molecular complexity index is 455. The number of carboxylic acids is 1. The Morgan fingerprint density at radius 1 is 1.67 bits per heavy atom. The molecule has 0 bridgehead atoms. The lowest BCUT2D eigenvalue weighted by molar-refractivity contribution is 0.00328. The molecule has 1 aromatic heterocycles. The summed E-state index contributed by atoms with van der Waals surface area (Å²) in [5, 5.41) is 18.3. The van der Waals surface area contributed by atoms with Crippen LogP contribution in [0.25, 0.3) is 0 Å². The van der Waals surface area contributed by atoms with Gasteiger partial charge in [-0.05, 0) is 22.0 Å². The van der Waals surface area contributed by atoms with Crippen LogP contribution in [0.2, 0.25) is 0 Å². The van der Waals surface area contributed by atoms with Gasteiger partial charge in [0, 0.05) is 23.8 Å². The molecule has 0 aliphatic carbocycles. The van der Waals surface area contributed by atoms with E-state index in [9.17, 15) is 9.90 Å². The number of pyridine rings is 1. The van der Waals surface area contributed by atoms with E-state index in [2.05, 4.69) is 20.9 Å². The van der Waals surface area contributed by atoms with Crippen LogP contribution >= 0.6 is 15.9 Å². The van der Waals surface area contributed by atoms with Crippen molar-refractivity contribution in [1.82, 2.24) is 4.98 Å². The van der Waals surface area contributed by atoms with Crippen molar-refractivity contribution in [3.8, 4) is 0 Å². The van der Waals surface area contributed by atoms with Gasteiger partial charge in [0.15, 0.2) is 0 Å². The predicted octanol–water partition coefficient (Wildman–Crippen LogP) is 0.740. The van der Waals surface area contributed by atoms with Gasteiger partial charge in [0.05, 0.1) is 19.3 Å². The van der Waals surface area contributed by atoms with E-state index < -0.39 is 5.97 Å². The molecule has 2 N–H and O–H groups in total. The van der Waals surface area contributed by atoms with Gasteiger partial charge in [-0.3, -0.25) is 0 Å². The molecule has 1 aliphatic rings. The lowest BCUT2D eigenvalue weighted by atomic mass is 10.2. The number of hydrogen-bond acceptors (Lipinski definition) is 5. The van der Waals surface area contributed by atoms with Gasteiger partial charge >= 0.3 is 5.97 Å².